The van der Waals surface area contributed by atoms with Crippen LogP contribution in [0.1, 0.15) is 10.5 Å². The summed E-state index contributed by atoms with van der Waals surface area (Å²) in [5.74, 6) is -1.71. The summed E-state index contributed by atoms with van der Waals surface area (Å²) in [5.41, 5.74) is 1.04. The molecule has 0 unspecified atom stereocenters. The summed E-state index contributed by atoms with van der Waals surface area (Å²) in [6.45, 7) is -0.362. The lowest BCUT2D eigenvalue weighted by Gasteiger charge is -2.11. The van der Waals surface area contributed by atoms with E-state index in [1.54, 1.807) is 24.3 Å². The van der Waals surface area contributed by atoms with Gasteiger partial charge >= 0.3 is 5.97 Å². The van der Waals surface area contributed by atoms with Crippen molar-refractivity contribution in [3.63, 3.8) is 0 Å². The predicted molar refractivity (Wildman–Crippen MR) is 98.6 cm³/mol. The van der Waals surface area contributed by atoms with Crippen LogP contribution >= 0.6 is 11.6 Å². The number of carbonyl (C=O) groups excluding carboxylic acids is 2. The average Bonchev–Trinajstić information content (AvgIpc) is 3.34. The van der Waals surface area contributed by atoms with Gasteiger partial charge in [0.15, 0.2) is 17.1 Å². The third-order valence-corrected chi connectivity index (χ3v) is 4.38. The number of aromatic nitrogens is 5. The van der Waals surface area contributed by atoms with Gasteiger partial charge in [-0.05, 0) is 24.3 Å². The topological polar surface area (TPSA) is 124 Å². The summed E-state index contributed by atoms with van der Waals surface area (Å²) in [6, 6.07) is 6.81. The van der Waals surface area contributed by atoms with E-state index in [1.807, 2.05) is 0 Å². The molecule has 0 saturated heterocycles. The minimum absolute atomic E-state index is 0.181. The number of rotatable bonds is 4. The third-order valence-electron chi connectivity index (χ3n) is 4.13. The van der Waals surface area contributed by atoms with Gasteiger partial charge in [0.1, 0.15) is 18.4 Å². The molecule has 28 heavy (non-hydrogen) atoms. The highest BCUT2D eigenvalue weighted by atomic mass is 35.5. The van der Waals surface area contributed by atoms with Gasteiger partial charge in [0.05, 0.1) is 24.4 Å². The highest BCUT2D eigenvalue weighted by Gasteiger charge is 2.25. The van der Waals surface area contributed by atoms with Crippen molar-refractivity contribution in [2.45, 2.75) is 0 Å². The first-order valence-electron chi connectivity index (χ1n) is 8.04. The molecule has 2 N–H and O–H groups in total. The molecule has 0 aliphatic heterocycles. The molecule has 0 radical (unpaired) electrons. The maximum Gasteiger partial charge on any atom is 0.325 e. The van der Waals surface area contributed by atoms with E-state index in [1.165, 1.54) is 28.8 Å². The molecule has 0 bridgehead atoms. The van der Waals surface area contributed by atoms with Gasteiger partial charge in [-0.2, -0.15) is 10.2 Å². The normalized spacial score (nSPS) is 11.1. The molecule has 11 heteroatoms. The molecule has 10 nitrogen and oxygen atoms in total. The van der Waals surface area contributed by atoms with Gasteiger partial charge in [0.2, 0.25) is 0 Å². The number of halogens is 1. The Morgan fingerprint density at radius 2 is 2.00 bits per heavy atom. The van der Waals surface area contributed by atoms with Gasteiger partial charge in [-0.3, -0.25) is 9.59 Å². The van der Waals surface area contributed by atoms with Crippen LogP contribution in [0, 0.1) is 0 Å². The molecule has 0 fully saturated rings. The smallest absolute Gasteiger partial charge is 0.325 e. The predicted octanol–water partition coefficient (Wildman–Crippen LogP) is 1.33. The van der Waals surface area contributed by atoms with Gasteiger partial charge in [-0.1, -0.05) is 11.6 Å². The molecule has 1 aromatic carbocycles. The minimum atomic E-state index is -0.718. The van der Waals surface area contributed by atoms with Crippen LogP contribution in [0.2, 0.25) is 5.02 Å². The molecule has 4 rings (SSSR count). The zero-order valence-electron chi connectivity index (χ0n) is 14.5. The zero-order chi connectivity index (χ0) is 19.8. The van der Waals surface area contributed by atoms with E-state index in [4.69, 9.17) is 11.6 Å². The summed E-state index contributed by atoms with van der Waals surface area (Å²) in [6.07, 6.45) is 2.77. The summed E-state index contributed by atoms with van der Waals surface area (Å²) < 4.78 is 7.17. The number of nitrogens with one attached hydrogen (secondary N) is 1. The Morgan fingerprint density at radius 1 is 1.25 bits per heavy atom. The van der Waals surface area contributed by atoms with E-state index in [2.05, 4.69) is 25.2 Å². The number of hydrogen-bond donors (Lipinski definition) is 2. The largest absolute Gasteiger partial charge is 0.504 e. The van der Waals surface area contributed by atoms with E-state index in [9.17, 15) is 14.7 Å². The van der Waals surface area contributed by atoms with Crippen molar-refractivity contribution < 1.29 is 19.4 Å². The number of benzene rings is 1. The van der Waals surface area contributed by atoms with Crippen LogP contribution in [0.25, 0.3) is 22.2 Å². The molecule has 0 spiro atoms. The molecule has 0 saturated carbocycles. The van der Waals surface area contributed by atoms with Gasteiger partial charge in [0, 0.05) is 5.02 Å². The second-order valence-electron chi connectivity index (χ2n) is 5.75. The average molecular weight is 401 g/mol. The van der Waals surface area contributed by atoms with Crippen molar-refractivity contribution in [3.05, 3.63) is 47.5 Å². The fraction of sp³-hybridized carbons (Fsp3) is 0.118. The van der Waals surface area contributed by atoms with Crippen molar-refractivity contribution >= 4 is 40.0 Å². The Labute approximate surface area is 162 Å². The van der Waals surface area contributed by atoms with Crippen molar-refractivity contribution in [2.24, 2.45) is 0 Å². The Balaban J connectivity index is 1.91. The number of aromatic hydroxyl groups is 1. The summed E-state index contributed by atoms with van der Waals surface area (Å²) in [7, 11) is 1.21. The first kappa shape index (κ1) is 17.7. The molecule has 0 aliphatic rings. The fourth-order valence-electron chi connectivity index (χ4n) is 2.83. The number of amides is 1. The fourth-order valence-corrected chi connectivity index (χ4v) is 2.96. The van der Waals surface area contributed by atoms with E-state index in [0.29, 0.717) is 21.7 Å². The van der Waals surface area contributed by atoms with E-state index >= 15 is 0 Å². The number of nitrogens with zero attached hydrogens (tertiary/aromatic N) is 5. The number of esters is 1. The van der Waals surface area contributed by atoms with Crippen molar-refractivity contribution in [1.29, 1.82) is 0 Å². The van der Waals surface area contributed by atoms with Gasteiger partial charge in [-0.15, -0.1) is 0 Å². The highest BCUT2D eigenvalue weighted by Crippen LogP contribution is 2.33. The molecule has 4 aromatic rings. The Bertz CT molecular complexity index is 1210. The number of ether oxygens (including phenoxy) is 1. The maximum absolute atomic E-state index is 12.6. The Hall–Kier alpha value is -3.66. The number of carbonyl (C=O) groups is 2. The molecule has 3 heterocycles. The Kier molecular flexibility index (Phi) is 4.32. The van der Waals surface area contributed by atoms with Crippen LogP contribution in [0.5, 0.6) is 5.75 Å². The van der Waals surface area contributed by atoms with Crippen LogP contribution in [0.15, 0.2) is 36.8 Å². The van der Waals surface area contributed by atoms with Crippen molar-refractivity contribution in [3.8, 4) is 11.4 Å². The standard InChI is InChI=1S/C17H13ClN6O4/c1-28-12(25)7-19-17(27)14-15(26)13-11(16-20-8-22-24(14)16)6-21-23(13)10-4-2-9(18)3-5-10/h2-6,8,26H,7H2,1H3,(H,19,27). The van der Waals surface area contributed by atoms with Crippen molar-refractivity contribution in [2.75, 3.05) is 13.7 Å². The van der Waals surface area contributed by atoms with Crippen LogP contribution in [-0.4, -0.2) is 55.0 Å². The lowest BCUT2D eigenvalue weighted by atomic mass is 10.2. The molecule has 142 valence electrons. The Morgan fingerprint density at radius 3 is 2.71 bits per heavy atom. The molecular formula is C17H13ClN6O4. The summed E-state index contributed by atoms with van der Waals surface area (Å²) in [4.78, 5) is 28.1. The quantitative estimate of drug-likeness (QED) is 0.495. The minimum Gasteiger partial charge on any atom is -0.504 e. The number of methoxy groups -OCH3 is 1. The third kappa shape index (κ3) is 2.79. The van der Waals surface area contributed by atoms with Crippen LogP contribution in [0.4, 0.5) is 0 Å². The second kappa shape index (κ2) is 6.82. The van der Waals surface area contributed by atoms with Crippen LogP contribution < -0.4 is 5.32 Å². The van der Waals surface area contributed by atoms with E-state index in [-0.39, 0.29) is 23.5 Å². The van der Waals surface area contributed by atoms with E-state index < -0.39 is 11.9 Å². The lowest BCUT2D eigenvalue weighted by molar-refractivity contribution is -0.139. The van der Waals surface area contributed by atoms with Crippen LogP contribution in [-0.2, 0) is 9.53 Å². The molecule has 0 aliphatic carbocycles. The van der Waals surface area contributed by atoms with Crippen LogP contribution in [0.3, 0.4) is 0 Å². The molecule has 0 atom stereocenters. The number of pyridine rings is 1. The molecule has 3 aromatic heterocycles. The number of hydrogen-bond acceptors (Lipinski definition) is 7. The zero-order valence-corrected chi connectivity index (χ0v) is 15.2. The van der Waals surface area contributed by atoms with Gasteiger partial charge < -0.3 is 15.2 Å². The van der Waals surface area contributed by atoms with Gasteiger partial charge in [-0.25, -0.2) is 14.2 Å². The summed E-state index contributed by atoms with van der Waals surface area (Å²) >= 11 is 5.93. The van der Waals surface area contributed by atoms with Gasteiger partial charge in [0.25, 0.3) is 5.91 Å². The second-order valence-corrected chi connectivity index (χ2v) is 6.18. The highest BCUT2D eigenvalue weighted by molar-refractivity contribution is 6.30. The first-order chi connectivity index (χ1) is 13.5. The first-order valence-corrected chi connectivity index (χ1v) is 8.42. The van der Waals surface area contributed by atoms with E-state index in [0.717, 1.165) is 0 Å². The van der Waals surface area contributed by atoms with Crippen molar-refractivity contribution in [1.82, 2.24) is 29.7 Å². The monoisotopic (exact) mass is 400 g/mol. The number of fused-ring (bicyclic) bond motifs is 3. The molecule has 1 amide bonds. The maximum atomic E-state index is 12.6. The lowest BCUT2D eigenvalue weighted by Crippen LogP contribution is -2.31. The molecular weight excluding hydrogens is 388 g/mol. The SMILES string of the molecule is COC(=O)CNC(=O)c1c(O)c2c(cnn2-c2ccc(Cl)cc2)c2ncnn12. The summed E-state index contributed by atoms with van der Waals surface area (Å²) in [5, 5.41) is 22.6.